The maximum Gasteiger partial charge on any atom is 0.243 e. The first kappa shape index (κ1) is 17.9. The summed E-state index contributed by atoms with van der Waals surface area (Å²) in [6.07, 6.45) is 3.98. The summed E-state index contributed by atoms with van der Waals surface area (Å²) in [4.78, 5) is 0.228. The topological polar surface area (TPSA) is 83.6 Å². The number of benzene rings is 1. The molecule has 0 heterocycles. The Hall–Kier alpha value is -1.11. The number of nitrogens with zero attached hydrogens (tertiary/aromatic N) is 1. The number of rotatable bonds is 9. The standard InChI is InChI=1S/C15H26N2O3S/c1-3-4-5-6-9-17(10-11-18)21(19,20)15-12-14(16)8-7-13(15)2/h7-8,12,18H,3-6,9-11,16H2,1-2H3. The Labute approximate surface area is 127 Å². The van der Waals surface area contributed by atoms with Gasteiger partial charge in [0.2, 0.25) is 10.0 Å². The minimum absolute atomic E-state index is 0.114. The average Bonchev–Trinajstić information content (AvgIpc) is 2.44. The molecule has 1 aromatic carbocycles. The largest absolute Gasteiger partial charge is 0.399 e. The van der Waals surface area contributed by atoms with Crippen molar-refractivity contribution in [2.24, 2.45) is 0 Å². The summed E-state index contributed by atoms with van der Waals surface area (Å²) in [5.41, 5.74) is 6.80. The highest BCUT2D eigenvalue weighted by atomic mass is 32.2. The van der Waals surface area contributed by atoms with Crippen LogP contribution in [0.25, 0.3) is 0 Å². The summed E-state index contributed by atoms with van der Waals surface area (Å²) in [5, 5.41) is 9.14. The van der Waals surface area contributed by atoms with E-state index in [-0.39, 0.29) is 18.0 Å². The van der Waals surface area contributed by atoms with E-state index in [0.29, 0.717) is 17.8 Å². The summed E-state index contributed by atoms with van der Waals surface area (Å²) in [6.45, 7) is 4.22. The van der Waals surface area contributed by atoms with E-state index in [1.54, 1.807) is 19.1 Å². The number of nitrogen functional groups attached to an aromatic ring is 1. The van der Waals surface area contributed by atoms with Crippen LogP contribution in [0.2, 0.25) is 0 Å². The zero-order valence-corrected chi connectivity index (χ0v) is 13.7. The molecule has 21 heavy (non-hydrogen) atoms. The molecule has 6 heteroatoms. The predicted octanol–water partition coefficient (Wildman–Crippen LogP) is 2.14. The molecule has 0 bridgehead atoms. The van der Waals surface area contributed by atoms with E-state index < -0.39 is 10.0 Å². The molecule has 0 unspecified atom stereocenters. The van der Waals surface area contributed by atoms with Gasteiger partial charge in [-0.25, -0.2) is 8.42 Å². The number of hydrogen-bond donors (Lipinski definition) is 2. The normalized spacial score (nSPS) is 12.0. The minimum Gasteiger partial charge on any atom is -0.399 e. The molecular formula is C15H26N2O3S. The smallest absolute Gasteiger partial charge is 0.243 e. The first-order chi connectivity index (χ1) is 9.93. The number of aryl methyl sites for hydroxylation is 1. The van der Waals surface area contributed by atoms with Crippen LogP contribution in [0.15, 0.2) is 23.1 Å². The maximum absolute atomic E-state index is 12.7. The number of sulfonamides is 1. The van der Waals surface area contributed by atoms with Gasteiger partial charge in [0.05, 0.1) is 11.5 Å². The lowest BCUT2D eigenvalue weighted by Crippen LogP contribution is -2.35. The molecule has 0 fully saturated rings. The van der Waals surface area contributed by atoms with E-state index in [4.69, 9.17) is 10.8 Å². The zero-order chi connectivity index (χ0) is 15.9. The van der Waals surface area contributed by atoms with Crippen molar-refractivity contribution in [3.05, 3.63) is 23.8 Å². The third-order valence-corrected chi connectivity index (χ3v) is 5.48. The summed E-state index contributed by atoms with van der Waals surface area (Å²) in [6, 6.07) is 4.88. The van der Waals surface area contributed by atoms with Crippen LogP contribution in [-0.4, -0.2) is 37.5 Å². The maximum atomic E-state index is 12.7. The summed E-state index contributed by atoms with van der Waals surface area (Å²) in [5.74, 6) is 0. The average molecular weight is 314 g/mol. The number of aliphatic hydroxyl groups is 1. The number of hydrogen-bond acceptors (Lipinski definition) is 4. The Kier molecular flexibility index (Phi) is 7.14. The van der Waals surface area contributed by atoms with E-state index >= 15 is 0 Å². The first-order valence-electron chi connectivity index (χ1n) is 7.40. The Balaban J connectivity index is 2.95. The fourth-order valence-corrected chi connectivity index (χ4v) is 3.94. The lowest BCUT2D eigenvalue weighted by molar-refractivity contribution is 0.251. The van der Waals surface area contributed by atoms with Crippen molar-refractivity contribution in [2.45, 2.75) is 44.4 Å². The highest BCUT2D eigenvalue weighted by Crippen LogP contribution is 2.22. The first-order valence-corrected chi connectivity index (χ1v) is 8.84. The van der Waals surface area contributed by atoms with Gasteiger partial charge >= 0.3 is 0 Å². The van der Waals surface area contributed by atoms with Crippen molar-refractivity contribution in [3.63, 3.8) is 0 Å². The Morgan fingerprint density at radius 3 is 2.52 bits per heavy atom. The van der Waals surface area contributed by atoms with E-state index in [1.165, 1.54) is 10.4 Å². The summed E-state index contributed by atoms with van der Waals surface area (Å²) < 4.78 is 26.8. The van der Waals surface area contributed by atoms with Gasteiger partial charge in [-0.2, -0.15) is 4.31 Å². The van der Waals surface area contributed by atoms with Gasteiger partial charge in [0.15, 0.2) is 0 Å². The fourth-order valence-electron chi connectivity index (χ4n) is 2.21. The van der Waals surface area contributed by atoms with Gasteiger partial charge in [-0.3, -0.25) is 0 Å². The molecule has 0 saturated carbocycles. The van der Waals surface area contributed by atoms with Crippen LogP contribution in [0.1, 0.15) is 38.2 Å². The molecule has 0 aliphatic rings. The second-order valence-corrected chi connectivity index (χ2v) is 7.12. The van der Waals surface area contributed by atoms with Crippen molar-refractivity contribution in [1.29, 1.82) is 0 Å². The number of nitrogens with two attached hydrogens (primary N) is 1. The molecular weight excluding hydrogens is 288 g/mol. The van der Waals surface area contributed by atoms with Crippen molar-refractivity contribution < 1.29 is 13.5 Å². The van der Waals surface area contributed by atoms with E-state index in [1.807, 2.05) is 0 Å². The SMILES string of the molecule is CCCCCCN(CCO)S(=O)(=O)c1cc(N)ccc1C. The van der Waals surface area contributed by atoms with Gasteiger partial charge in [0, 0.05) is 18.8 Å². The van der Waals surface area contributed by atoms with Gasteiger partial charge in [-0.15, -0.1) is 0 Å². The second-order valence-electron chi connectivity index (χ2n) is 5.21. The van der Waals surface area contributed by atoms with Gasteiger partial charge < -0.3 is 10.8 Å². The van der Waals surface area contributed by atoms with Crippen LogP contribution in [0.3, 0.4) is 0 Å². The van der Waals surface area contributed by atoms with Crippen molar-refractivity contribution in [2.75, 3.05) is 25.4 Å². The Bertz CT molecular complexity index is 544. The molecule has 0 saturated heterocycles. The summed E-state index contributed by atoms with van der Waals surface area (Å²) >= 11 is 0. The van der Waals surface area contributed by atoms with Gasteiger partial charge in [-0.1, -0.05) is 32.3 Å². The Morgan fingerprint density at radius 1 is 1.19 bits per heavy atom. The molecule has 3 N–H and O–H groups in total. The predicted molar refractivity (Wildman–Crippen MR) is 85.6 cm³/mol. The molecule has 0 aliphatic heterocycles. The van der Waals surface area contributed by atoms with Gasteiger partial charge in [0.1, 0.15) is 0 Å². The second kappa shape index (κ2) is 8.36. The van der Waals surface area contributed by atoms with Crippen LogP contribution in [0, 0.1) is 6.92 Å². The number of unbranched alkanes of at least 4 members (excludes halogenated alkanes) is 3. The van der Waals surface area contributed by atoms with Crippen LogP contribution >= 0.6 is 0 Å². The minimum atomic E-state index is -3.61. The van der Waals surface area contributed by atoms with Crippen LogP contribution < -0.4 is 5.73 Å². The van der Waals surface area contributed by atoms with Gasteiger partial charge in [0.25, 0.3) is 0 Å². The monoisotopic (exact) mass is 314 g/mol. The number of anilines is 1. The molecule has 0 spiro atoms. The molecule has 0 aliphatic carbocycles. The van der Waals surface area contributed by atoms with Crippen molar-refractivity contribution in [1.82, 2.24) is 4.31 Å². The molecule has 5 nitrogen and oxygen atoms in total. The van der Waals surface area contributed by atoms with Crippen LogP contribution in [-0.2, 0) is 10.0 Å². The highest BCUT2D eigenvalue weighted by molar-refractivity contribution is 7.89. The lowest BCUT2D eigenvalue weighted by atomic mass is 10.2. The highest BCUT2D eigenvalue weighted by Gasteiger charge is 2.25. The molecule has 0 aromatic heterocycles. The van der Waals surface area contributed by atoms with E-state index in [0.717, 1.165) is 25.7 Å². The van der Waals surface area contributed by atoms with E-state index in [2.05, 4.69) is 6.92 Å². The molecule has 0 radical (unpaired) electrons. The Morgan fingerprint density at radius 2 is 1.90 bits per heavy atom. The van der Waals surface area contributed by atoms with Crippen molar-refractivity contribution >= 4 is 15.7 Å². The molecule has 1 aromatic rings. The third-order valence-electron chi connectivity index (χ3n) is 3.44. The van der Waals surface area contributed by atoms with Gasteiger partial charge in [-0.05, 0) is 31.0 Å². The van der Waals surface area contributed by atoms with E-state index in [9.17, 15) is 8.42 Å². The zero-order valence-electron chi connectivity index (χ0n) is 12.9. The molecule has 0 amide bonds. The lowest BCUT2D eigenvalue weighted by Gasteiger charge is -2.22. The number of aliphatic hydroxyl groups excluding tert-OH is 1. The molecule has 1 rings (SSSR count). The quantitative estimate of drug-likeness (QED) is 0.540. The fraction of sp³-hybridized carbons (Fsp3) is 0.600. The molecule has 0 atom stereocenters. The summed E-state index contributed by atoms with van der Waals surface area (Å²) in [7, 11) is -3.61. The molecule has 120 valence electrons. The third kappa shape index (κ3) is 4.98. The van der Waals surface area contributed by atoms with Crippen LogP contribution in [0.4, 0.5) is 5.69 Å². The van der Waals surface area contributed by atoms with Crippen LogP contribution in [0.5, 0.6) is 0 Å². The van der Waals surface area contributed by atoms with Crippen molar-refractivity contribution in [3.8, 4) is 0 Å².